The topological polar surface area (TPSA) is 75.6 Å². The summed E-state index contributed by atoms with van der Waals surface area (Å²) in [5, 5.41) is 11.9. The molecule has 24 heavy (non-hydrogen) atoms. The molecule has 1 aliphatic rings. The Bertz CT molecular complexity index is 570. The van der Waals surface area contributed by atoms with Crippen LogP contribution in [-0.2, 0) is 19.7 Å². The molecule has 5 heteroatoms. The zero-order valence-electron chi connectivity index (χ0n) is 14.7. The largest absolute Gasteiger partial charge is 0.481 e. The minimum Gasteiger partial charge on any atom is -0.481 e. The maximum Gasteiger partial charge on any atom is 0.305 e. The zero-order valence-corrected chi connectivity index (χ0v) is 14.7. The van der Waals surface area contributed by atoms with Crippen molar-refractivity contribution in [3.05, 3.63) is 35.4 Å². The number of hydrogen-bond donors (Lipinski definition) is 2. The molecular formula is C19H27NO4. The standard InChI is InChI=1S/C19H27NO4/c1-19(2,3)15-8-6-14(7-9-15)16(10-18(22)23)20-17(21)12-24-11-13-4-5-13/h6-9,13,16H,4-5,10-12H2,1-3H3,(H,20,21)(H,22,23). The molecule has 5 nitrogen and oxygen atoms in total. The van der Waals surface area contributed by atoms with Gasteiger partial charge in [-0.3, -0.25) is 9.59 Å². The van der Waals surface area contributed by atoms with E-state index in [-0.39, 0.29) is 24.3 Å². The molecular weight excluding hydrogens is 306 g/mol. The van der Waals surface area contributed by atoms with E-state index in [0.29, 0.717) is 12.5 Å². The highest BCUT2D eigenvalue weighted by atomic mass is 16.5. The third-order valence-corrected chi connectivity index (χ3v) is 4.18. The van der Waals surface area contributed by atoms with E-state index in [4.69, 9.17) is 9.84 Å². The Morgan fingerprint density at radius 1 is 1.25 bits per heavy atom. The van der Waals surface area contributed by atoms with E-state index in [2.05, 4.69) is 26.1 Å². The summed E-state index contributed by atoms with van der Waals surface area (Å²) in [7, 11) is 0. The van der Waals surface area contributed by atoms with Gasteiger partial charge in [-0.25, -0.2) is 0 Å². The summed E-state index contributed by atoms with van der Waals surface area (Å²) in [6, 6.07) is 7.20. The first kappa shape index (κ1) is 18.5. The lowest BCUT2D eigenvalue weighted by Gasteiger charge is -2.22. The highest BCUT2D eigenvalue weighted by Crippen LogP contribution is 2.28. The molecule has 132 valence electrons. The number of carboxylic acid groups (broad SMARTS) is 1. The van der Waals surface area contributed by atoms with Crippen LogP contribution in [0.15, 0.2) is 24.3 Å². The zero-order chi connectivity index (χ0) is 17.7. The van der Waals surface area contributed by atoms with Gasteiger partial charge in [-0.2, -0.15) is 0 Å². The van der Waals surface area contributed by atoms with E-state index in [1.54, 1.807) is 0 Å². The minimum absolute atomic E-state index is 0.0211. The van der Waals surface area contributed by atoms with Gasteiger partial charge >= 0.3 is 5.97 Å². The smallest absolute Gasteiger partial charge is 0.305 e. The van der Waals surface area contributed by atoms with Gasteiger partial charge in [0.2, 0.25) is 5.91 Å². The SMILES string of the molecule is CC(C)(C)c1ccc(C(CC(=O)O)NC(=O)COCC2CC2)cc1. The van der Waals surface area contributed by atoms with E-state index in [9.17, 15) is 9.59 Å². The number of ether oxygens (including phenoxy) is 1. The van der Waals surface area contributed by atoms with E-state index >= 15 is 0 Å². The van der Waals surface area contributed by atoms with Crippen LogP contribution in [0.2, 0.25) is 0 Å². The second-order valence-corrected chi connectivity index (χ2v) is 7.55. The lowest BCUT2D eigenvalue weighted by molar-refractivity contribution is -0.138. The van der Waals surface area contributed by atoms with Crippen LogP contribution in [0.5, 0.6) is 0 Å². The van der Waals surface area contributed by atoms with Crippen LogP contribution < -0.4 is 5.32 Å². The lowest BCUT2D eigenvalue weighted by atomic mass is 9.86. The van der Waals surface area contributed by atoms with Crippen LogP contribution in [0, 0.1) is 5.92 Å². The molecule has 0 saturated heterocycles. The molecule has 1 unspecified atom stereocenters. The quantitative estimate of drug-likeness (QED) is 0.767. The van der Waals surface area contributed by atoms with Crippen molar-refractivity contribution in [1.82, 2.24) is 5.32 Å². The number of hydrogen-bond acceptors (Lipinski definition) is 3. The molecule has 1 atom stereocenters. The van der Waals surface area contributed by atoms with Gasteiger partial charge in [-0.1, -0.05) is 45.0 Å². The first-order valence-corrected chi connectivity index (χ1v) is 8.45. The van der Waals surface area contributed by atoms with Crippen LogP contribution in [-0.4, -0.2) is 30.2 Å². The Kier molecular flexibility index (Phi) is 5.99. The highest BCUT2D eigenvalue weighted by molar-refractivity contribution is 5.78. The van der Waals surface area contributed by atoms with Crippen molar-refractivity contribution in [2.75, 3.05) is 13.2 Å². The number of rotatable bonds is 8. The van der Waals surface area contributed by atoms with Gasteiger partial charge in [0, 0.05) is 0 Å². The molecule has 1 saturated carbocycles. The van der Waals surface area contributed by atoms with Gasteiger partial charge in [0.1, 0.15) is 6.61 Å². The molecule has 1 fully saturated rings. The van der Waals surface area contributed by atoms with Crippen LogP contribution in [0.4, 0.5) is 0 Å². The summed E-state index contributed by atoms with van der Waals surface area (Å²) in [6.45, 7) is 6.95. The first-order chi connectivity index (χ1) is 11.3. The minimum atomic E-state index is -0.945. The monoisotopic (exact) mass is 333 g/mol. The van der Waals surface area contributed by atoms with Gasteiger partial charge < -0.3 is 15.2 Å². The summed E-state index contributed by atoms with van der Waals surface area (Å²) in [6.07, 6.45) is 2.19. The van der Waals surface area contributed by atoms with Gasteiger partial charge in [0.05, 0.1) is 19.1 Å². The summed E-state index contributed by atoms with van der Waals surface area (Å²) >= 11 is 0. The van der Waals surface area contributed by atoms with Crippen LogP contribution in [0.1, 0.15) is 57.2 Å². The third kappa shape index (κ3) is 5.96. The number of carbonyl (C=O) groups excluding carboxylic acids is 1. The van der Waals surface area contributed by atoms with Gasteiger partial charge in [-0.15, -0.1) is 0 Å². The predicted molar refractivity (Wildman–Crippen MR) is 91.8 cm³/mol. The average Bonchev–Trinajstić information content (AvgIpc) is 3.29. The second kappa shape index (κ2) is 7.79. The maximum absolute atomic E-state index is 12.0. The third-order valence-electron chi connectivity index (χ3n) is 4.18. The Hall–Kier alpha value is -1.88. The van der Waals surface area contributed by atoms with E-state index in [1.165, 1.54) is 18.4 Å². The molecule has 0 aliphatic heterocycles. The Balaban J connectivity index is 1.98. The van der Waals surface area contributed by atoms with Gasteiger partial charge in [0.25, 0.3) is 0 Å². The lowest BCUT2D eigenvalue weighted by Crippen LogP contribution is -2.33. The van der Waals surface area contributed by atoms with Crippen molar-refractivity contribution < 1.29 is 19.4 Å². The van der Waals surface area contributed by atoms with Gasteiger partial charge in [0.15, 0.2) is 0 Å². The van der Waals surface area contributed by atoms with Gasteiger partial charge in [-0.05, 0) is 35.3 Å². The fourth-order valence-corrected chi connectivity index (χ4v) is 2.48. The number of carbonyl (C=O) groups is 2. The number of nitrogens with one attached hydrogen (secondary N) is 1. The molecule has 2 N–H and O–H groups in total. The Labute approximate surface area is 143 Å². The molecule has 1 aromatic rings. The Morgan fingerprint density at radius 2 is 1.88 bits per heavy atom. The molecule has 2 rings (SSSR count). The summed E-state index contributed by atoms with van der Waals surface area (Å²) < 4.78 is 5.37. The fourth-order valence-electron chi connectivity index (χ4n) is 2.48. The molecule has 0 spiro atoms. The van der Waals surface area contributed by atoms with Crippen molar-refractivity contribution in [2.24, 2.45) is 5.92 Å². The van der Waals surface area contributed by atoms with Crippen molar-refractivity contribution in [3.63, 3.8) is 0 Å². The fraction of sp³-hybridized carbons (Fsp3) is 0.579. The maximum atomic E-state index is 12.0. The van der Waals surface area contributed by atoms with Crippen molar-refractivity contribution >= 4 is 11.9 Å². The second-order valence-electron chi connectivity index (χ2n) is 7.55. The highest BCUT2D eigenvalue weighted by Gasteiger charge is 2.23. The summed E-state index contributed by atoms with van der Waals surface area (Å²) in [4.78, 5) is 23.1. The first-order valence-electron chi connectivity index (χ1n) is 8.45. The predicted octanol–water partition coefficient (Wildman–Crippen LogP) is 3.04. The Morgan fingerprint density at radius 3 is 2.38 bits per heavy atom. The molecule has 0 heterocycles. The van der Waals surface area contributed by atoms with E-state index in [0.717, 1.165) is 5.56 Å². The average molecular weight is 333 g/mol. The molecule has 1 aliphatic carbocycles. The van der Waals surface area contributed by atoms with Crippen molar-refractivity contribution in [3.8, 4) is 0 Å². The molecule has 1 aromatic carbocycles. The summed E-state index contributed by atoms with van der Waals surface area (Å²) in [5.74, 6) is -0.626. The number of aliphatic carboxylic acids is 1. The number of benzene rings is 1. The molecule has 1 amide bonds. The van der Waals surface area contributed by atoms with Crippen molar-refractivity contribution in [1.29, 1.82) is 0 Å². The van der Waals surface area contributed by atoms with Crippen LogP contribution >= 0.6 is 0 Å². The summed E-state index contributed by atoms with van der Waals surface area (Å²) in [5.41, 5.74) is 1.99. The van der Waals surface area contributed by atoms with Crippen molar-refractivity contribution in [2.45, 2.75) is 51.5 Å². The normalized spacial score (nSPS) is 15.8. The molecule has 0 radical (unpaired) electrons. The molecule has 0 aromatic heterocycles. The van der Waals surface area contributed by atoms with Crippen LogP contribution in [0.25, 0.3) is 0 Å². The number of amides is 1. The van der Waals surface area contributed by atoms with Crippen LogP contribution in [0.3, 0.4) is 0 Å². The molecule has 0 bridgehead atoms. The van der Waals surface area contributed by atoms with E-state index < -0.39 is 12.0 Å². The number of carboxylic acids is 1. The van der Waals surface area contributed by atoms with E-state index in [1.807, 2.05) is 24.3 Å².